The first-order valence-corrected chi connectivity index (χ1v) is 8.52. The van der Waals surface area contributed by atoms with Crippen molar-refractivity contribution >= 4 is 11.6 Å². The van der Waals surface area contributed by atoms with Crippen molar-refractivity contribution < 1.29 is 4.79 Å². The summed E-state index contributed by atoms with van der Waals surface area (Å²) in [7, 11) is 0. The van der Waals surface area contributed by atoms with E-state index in [2.05, 4.69) is 53.0 Å². The van der Waals surface area contributed by atoms with Crippen LogP contribution in [-0.2, 0) is 6.42 Å². The highest BCUT2D eigenvalue weighted by molar-refractivity contribution is 5.94. The quantitative estimate of drug-likeness (QED) is 0.871. The number of carbonyl (C=O) groups is 1. The van der Waals surface area contributed by atoms with Crippen molar-refractivity contribution in [3.63, 3.8) is 0 Å². The zero-order chi connectivity index (χ0) is 17.1. The summed E-state index contributed by atoms with van der Waals surface area (Å²) in [4.78, 5) is 25.5. The Bertz CT molecular complexity index is 696. The Kier molecular flexibility index (Phi) is 4.79. The minimum Gasteiger partial charge on any atom is -0.368 e. The van der Waals surface area contributed by atoms with Crippen LogP contribution in [0.25, 0.3) is 0 Å². The first kappa shape index (κ1) is 16.4. The summed E-state index contributed by atoms with van der Waals surface area (Å²) >= 11 is 0. The Balaban J connectivity index is 1.68. The highest BCUT2D eigenvalue weighted by Crippen LogP contribution is 2.21. The third-order valence-electron chi connectivity index (χ3n) is 4.56. The molecule has 1 aliphatic rings. The lowest BCUT2D eigenvalue weighted by Gasteiger charge is -2.41. The zero-order valence-electron chi connectivity index (χ0n) is 14.6. The third-order valence-corrected chi connectivity index (χ3v) is 4.56. The lowest BCUT2D eigenvalue weighted by Crippen LogP contribution is -2.54. The van der Waals surface area contributed by atoms with Gasteiger partial charge in [-0.05, 0) is 26.0 Å². The van der Waals surface area contributed by atoms with Crippen molar-refractivity contribution in [2.24, 2.45) is 0 Å². The minimum absolute atomic E-state index is 0.0220. The van der Waals surface area contributed by atoms with Gasteiger partial charge < -0.3 is 9.80 Å². The molecule has 0 bridgehead atoms. The van der Waals surface area contributed by atoms with Crippen molar-refractivity contribution in [2.75, 3.05) is 24.5 Å². The molecule has 2 heterocycles. The summed E-state index contributed by atoms with van der Waals surface area (Å²) in [5.74, 6) is 0.789. The number of anilines is 1. The van der Waals surface area contributed by atoms with Crippen LogP contribution < -0.4 is 4.90 Å². The van der Waals surface area contributed by atoms with Crippen LogP contribution in [0.3, 0.4) is 0 Å². The first-order valence-electron chi connectivity index (χ1n) is 8.52. The number of amides is 1. The second-order valence-corrected chi connectivity index (χ2v) is 6.37. The monoisotopic (exact) mass is 324 g/mol. The number of aromatic nitrogens is 2. The maximum absolute atomic E-state index is 12.7. The highest BCUT2D eigenvalue weighted by Gasteiger charge is 2.28. The summed E-state index contributed by atoms with van der Waals surface area (Å²) in [6.07, 6.45) is 4.07. The molecule has 1 aromatic carbocycles. The fourth-order valence-electron chi connectivity index (χ4n) is 3.06. The Labute approximate surface area is 143 Å². The molecule has 126 valence electrons. The van der Waals surface area contributed by atoms with Gasteiger partial charge in [-0.25, -0.2) is 9.97 Å². The van der Waals surface area contributed by atoms with Crippen molar-refractivity contribution in [1.29, 1.82) is 0 Å². The molecule has 3 rings (SSSR count). The molecule has 1 atom stereocenters. The van der Waals surface area contributed by atoms with Crippen LogP contribution >= 0.6 is 0 Å². The van der Waals surface area contributed by atoms with Gasteiger partial charge in [0.1, 0.15) is 5.82 Å². The molecule has 0 saturated carbocycles. The summed E-state index contributed by atoms with van der Waals surface area (Å²) in [6, 6.07) is 8.71. The molecular formula is C19H24N4O. The SMILES string of the molecule is CCc1ncc(C(=O)N2CCN(c3ccc(C)cc3)CC2C)cn1. The molecule has 5 nitrogen and oxygen atoms in total. The van der Waals surface area contributed by atoms with Crippen LogP contribution in [0.4, 0.5) is 5.69 Å². The van der Waals surface area contributed by atoms with Gasteiger partial charge in [0.05, 0.1) is 5.56 Å². The first-order chi connectivity index (χ1) is 11.6. The molecule has 1 aromatic heterocycles. The Morgan fingerprint density at radius 3 is 2.42 bits per heavy atom. The standard InChI is InChI=1S/C19H24N4O/c1-4-18-20-11-16(12-21-18)19(24)23-10-9-22(13-15(23)3)17-7-5-14(2)6-8-17/h5-8,11-12,15H,4,9-10,13H2,1-3H3. The number of rotatable bonds is 3. The lowest BCUT2D eigenvalue weighted by atomic mass is 10.1. The van der Waals surface area contributed by atoms with Crippen LogP contribution in [0.1, 0.15) is 35.6 Å². The van der Waals surface area contributed by atoms with Gasteiger partial charge in [0, 0.05) is 50.2 Å². The fraction of sp³-hybridized carbons (Fsp3) is 0.421. The molecule has 1 amide bonds. The molecule has 5 heteroatoms. The second-order valence-electron chi connectivity index (χ2n) is 6.37. The van der Waals surface area contributed by atoms with Gasteiger partial charge >= 0.3 is 0 Å². The predicted octanol–water partition coefficient (Wildman–Crippen LogP) is 2.70. The van der Waals surface area contributed by atoms with Gasteiger partial charge in [-0.3, -0.25) is 4.79 Å². The van der Waals surface area contributed by atoms with E-state index in [1.807, 2.05) is 11.8 Å². The van der Waals surface area contributed by atoms with E-state index in [0.29, 0.717) is 12.1 Å². The Hall–Kier alpha value is -2.43. The summed E-state index contributed by atoms with van der Waals surface area (Å²) in [5.41, 5.74) is 3.05. The van der Waals surface area contributed by atoms with Crippen molar-refractivity contribution in [3.05, 3.63) is 53.6 Å². The number of hydrogen-bond acceptors (Lipinski definition) is 4. The third kappa shape index (κ3) is 3.40. The summed E-state index contributed by atoms with van der Waals surface area (Å²) in [6.45, 7) is 8.58. The van der Waals surface area contributed by atoms with Gasteiger partial charge in [-0.15, -0.1) is 0 Å². The minimum atomic E-state index is 0.0220. The van der Waals surface area contributed by atoms with E-state index in [9.17, 15) is 4.79 Å². The van der Waals surface area contributed by atoms with Gasteiger partial charge in [0.25, 0.3) is 5.91 Å². The molecule has 24 heavy (non-hydrogen) atoms. The maximum atomic E-state index is 12.7. The second kappa shape index (κ2) is 6.99. The van der Waals surface area contributed by atoms with Crippen molar-refractivity contribution in [1.82, 2.24) is 14.9 Å². The van der Waals surface area contributed by atoms with Crippen LogP contribution in [0.2, 0.25) is 0 Å². The lowest BCUT2D eigenvalue weighted by molar-refractivity contribution is 0.0673. The normalized spacial score (nSPS) is 17.9. The molecule has 1 aliphatic heterocycles. The smallest absolute Gasteiger partial charge is 0.257 e. The molecule has 0 spiro atoms. The van der Waals surface area contributed by atoms with E-state index in [1.54, 1.807) is 12.4 Å². The van der Waals surface area contributed by atoms with E-state index < -0.39 is 0 Å². The number of benzene rings is 1. The van der Waals surface area contributed by atoms with Crippen LogP contribution in [0.15, 0.2) is 36.7 Å². The molecule has 0 aliphatic carbocycles. The number of nitrogens with zero attached hydrogens (tertiary/aromatic N) is 4. The van der Waals surface area contributed by atoms with Crippen molar-refractivity contribution in [2.45, 2.75) is 33.2 Å². The molecule has 1 fully saturated rings. The van der Waals surface area contributed by atoms with Gasteiger partial charge in [0.2, 0.25) is 0 Å². The van der Waals surface area contributed by atoms with Gasteiger partial charge in [-0.1, -0.05) is 24.6 Å². The van der Waals surface area contributed by atoms with E-state index in [4.69, 9.17) is 0 Å². The number of carbonyl (C=O) groups excluding carboxylic acids is 1. The molecule has 0 radical (unpaired) electrons. The fourth-order valence-corrected chi connectivity index (χ4v) is 3.06. The average Bonchev–Trinajstić information content (AvgIpc) is 2.62. The number of hydrogen-bond donors (Lipinski definition) is 0. The summed E-state index contributed by atoms with van der Waals surface area (Å²) in [5, 5.41) is 0. The largest absolute Gasteiger partial charge is 0.368 e. The van der Waals surface area contributed by atoms with Crippen LogP contribution in [0.5, 0.6) is 0 Å². The zero-order valence-corrected chi connectivity index (χ0v) is 14.6. The topological polar surface area (TPSA) is 49.3 Å². The molecular weight excluding hydrogens is 300 g/mol. The number of aryl methyl sites for hydroxylation is 2. The van der Waals surface area contributed by atoms with E-state index in [0.717, 1.165) is 25.3 Å². The maximum Gasteiger partial charge on any atom is 0.257 e. The van der Waals surface area contributed by atoms with Crippen molar-refractivity contribution in [3.8, 4) is 0 Å². The Morgan fingerprint density at radius 1 is 1.17 bits per heavy atom. The number of piperazine rings is 1. The van der Waals surface area contributed by atoms with Crippen LogP contribution in [-0.4, -0.2) is 46.5 Å². The molecule has 2 aromatic rings. The summed E-state index contributed by atoms with van der Waals surface area (Å²) < 4.78 is 0. The van der Waals surface area contributed by atoms with E-state index in [1.165, 1.54) is 11.3 Å². The van der Waals surface area contributed by atoms with E-state index in [-0.39, 0.29) is 11.9 Å². The average molecular weight is 324 g/mol. The molecule has 1 saturated heterocycles. The van der Waals surface area contributed by atoms with Crippen LogP contribution in [0, 0.1) is 6.92 Å². The molecule has 1 unspecified atom stereocenters. The van der Waals surface area contributed by atoms with Gasteiger partial charge in [0.15, 0.2) is 0 Å². The van der Waals surface area contributed by atoms with E-state index >= 15 is 0 Å². The molecule has 0 N–H and O–H groups in total. The van der Waals surface area contributed by atoms with Gasteiger partial charge in [-0.2, -0.15) is 0 Å². The predicted molar refractivity (Wildman–Crippen MR) is 95.3 cm³/mol. The highest BCUT2D eigenvalue weighted by atomic mass is 16.2. The Morgan fingerprint density at radius 2 is 1.83 bits per heavy atom.